The van der Waals surface area contributed by atoms with Gasteiger partial charge in [-0.25, -0.2) is 13.9 Å². The molecule has 36 heavy (non-hydrogen) atoms. The van der Waals surface area contributed by atoms with Crippen LogP contribution in [0.1, 0.15) is 24.3 Å². The molecule has 4 aromatic rings. The molecule has 0 radical (unpaired) electrons. The number of H-pyrrole nitrogens is 1. The molecule has 184 valence electrons. The lowest BCUT2D eigenvalue weighted by Crippen LogP contribution is -2.38. The number of halogens is 2. The molecule has 2 aromatic heterocycles. The van der Waals surface area contributed by atoms with Crippen LogP contribution in [0.15, 0.2) is 66.1 Å². The Hall–Kier alpha value is -4.47. The van der Waals surface area contributed by atoms with Gasteiger partial charge in [0.05, 0.1) is 5.39 Å². The van der Waals surface area contributed by atoms with E-state index in [2.05, 4.69) is 16.8 Å². The van der Waals surface area contributed by atoms with Gasteiger partial charge in [0.2, 0.25) is 5.91 Å². The highest BCUT2D eigenvalue weighted by Gasteiger charge is 2.28. The summed E-state index contributed by atoms with van der Waals surface area (Å²) < 4.78 is 35.1. The van der Waals surface area contributed by atoms with Crippen molar-refractivity contribution in [3.8, 4) is 17.2 Å². The van der Waals surface area contributed by atoms with E-state index < -0.39 is 17.4 Å². The molecule has 1 fully saturated rings. The number of hydrogen-bond donors (Lipinski definition) is 2. The molecule has 3 heterocycles. The van der Waals surface area contributed by atoms with Gasteiger partial charge >= 0.3 is 0 Å². The number of benzene rings is 2. The first-order valence-corrected chi connectivity index (χ1v) is 11.4. The maximum atomic E-state index is 14.0. The number of hydrogen-bond acceptors (Lipinski definition) is 5. The Morgan fingerprint density at radius 2 is 1.92 bits per heavy atom. The molecule has 0 saturated carbocycles. The Bertz CT molecular complexity index is 1510. The molecule has 1 atom stereocenters. The number of amides is 1. The van der Waals surface area contributed by atoms with E-state index in [9.17, 15) is 18.4 Å². The van der Waals surface area contributed by atoms with E-state index in [-0.39, 0.29) is 29.0 Å². The van der Waals surface area contributed by atoms with Gasteiger partial charge in [-0.3, -0.25) is 9.59 Å². The third-order valence-electron chi connectivity index (χ3n) is 6.38. The van der Waals surface area contributed by atoms with Crippen molar-refractivity contribution in [3.63, 3.8) is 0 Å². The minimum absolute atomic E-state index is 0.0825. The molecule has 1 aliphatic heterocycles. The first-order valence-electron chi connectivity index (χ1n) is 11.4. The van der Waals surface area contributed by atoms with Gasteiger partial charge in [-0.15, -0.1) is 0 Å². The fourth-order valence-corrected chi connectivity index (χ4v) is 4.68. The number of nitrogens with two attached hydrogens (primary N) is 1. The predicted molar refractivity (Wildman–Crippen MR) is 131 cm³/mol. The molecule has 0 aliphatic carbocycles. The van der Waals surface area contributed by atoms with Crippen molar-refractivity contribution in [2.75, 3.05) is 18.8 Å². The minimum atomic E-state index is -0.811. The monoisotopic (exact) mass is 491 g/mol. The van der Waals surface area contributed by atoms with Crippen molar-refractivity contribution >= 4 is 22.6 Å². The summed E-state index contributed by atoms with van der Waals surface area (Å²) in [6.07, 6.45) is 4.70. The zero-order valence-electron chi connectivity index (χ0n) is 19.2. The van der Waals surface area contributed by atoms with E-state index in [0.717, 1.165) is 30.5 Å². The second kappa shape index (κ2) is 9.29. The number of aromatic amines is 1. The second-order valence-electron chi connectivity index (χ2n) is 8.59. The van der Waals surface area contributed by atoms with Crippen molar-refractivity contribution in [2.24, 2.45) is 0 Å². The van der Waals surface area contributed by atoms with Gasteiger partial charge in [-0.2, -0.15) is 5.10 Å². The maximum absolute atomic E-state index is 14.0. The van der Waals surface area contributed by atoms with E-state index >= 15 is 0 Å². The Kier molecular flexibility index (Phi) is 6.01. The average molecular weight is 491 g/mol. The fourth-order valence-electron chi connectivity index (χ4n) is 4.68. The zero-order chi connectivity index (χ0) is 25.4. The van der Waals surface area contributed by atoms with Crippen LogP contribution in [0.3, 0.4) is 0 Å². The van der Waals surface area contributed by atoms with Crippen LogP contribution in [0.2, 0.25) is 0 Å². The van der Waals surface area contributed by atoms with Crippen LogP contribution in [0, 0.1) is 11.6 Å². The number of rotatable bonds is 5. The van der Waals surface area contributed by atoms with Crippen molar-refractivity contribution < 1.29 is 18.3 Å². The standard InChI is InChI=1S/C26H23F2N5O3/c1-2-21(34)32-12-4-5-15(13-32)18-14-33(23-22(18)26(35)31-30-25(23)29)16-8-10-17(11-9-16)36-24-19(27)6-3-7-20(24)28/h2-3,6-11,14-15H,1,4-5,12-13H2,(H2,29,30)(H,31,35)/t15-/m0/s1. The van der Waals surface area contributed by atoms with Gasteiger partial charge in [0.25, 0.3) is 5.56 Å². The first kappa shape index (κ1) is 23.3. The van der Waals surface area contributed by atoms with Crippen LogP contribution in [-0.4, -0.2) is 38.7 Å². The molecular formula is C26H23F2N5O3. The average Bonchev–Trinajstić information content (AvgIpc) is 3.31. The molecule has 2 aromatic carbocycles. The summed E-state index contributed by atoms with van der Waals surface area (Å²) in [5.74, 6) is -1.98. The summed E-state index contributed by atoms with van der Waals surface area (Å²) >= 11 is 0. The Balaban J connectivity index is 1.54. The SMILES string of the molecule is C=CC(=O)N1CCC[C@H](c2cn(-c3ccc(Oc4c(F)cccc4F)cc3)c3c(N)n[nH]c(=O)c23)C1. The molecule has 1 amide bonds. The van der Waals surface area contributed by atoms with Gasteiger partial charge in [0.1, 0.15) is 11.3 Å². The third kappa shape index (κ3) is 4.10. The number of likely N-dealkylation sites (tertiary alicyclic amines) is 1. The molecule has 8 nitrogen and oxygen atoms in total. The summed E-state index contributed by atoms with van der Waals surface area (Å²) in [6.45, 7) is 4.65. The van der Waals surface area contributed by atoms with Crippen LogP contribution < -0.4 is 16.0 Å². The number of nitrogens with one attached hydrogen (secondary N) is 1. The van der Waals surface area contributed by atoms with Gasteiger partial charge < -0.3 is 19.9 Å². The molecule has 5 rings (SSSR count). The van der Waals surface area contributed by atoms with E-state index in [1.165, 1.54) is 12.1 Å². The molecule has 3 N–H and O–H groups in total. The van der Waals surface area contributed by atoms with E-state index in [0.29, 0.717) is 29.7 Å². The van der Waals surface area contributed by atoms with Gasteiger partial charge in [-0.1, -0.05) is 12.6 Å². The molecule has 10 heteroatoms. The lowest BCUT2D eigenvalue weighted by atomic mass is 9.90. The molecular weight excluding hydrogens is 468 g/mol. The summed E-state index contributed by atoms with van der Waals surface area (Å²) in [5.41, 5.74) is 7.64. The number of piperidine rings is 1. The van der Waals surface area contributed by atoms with Crippen molar-refractivity contribution in [2.45, 2.75) is 18.8 Å². The van der Waals surface area contributed by atoms with E-state index in [1.54, 1.807) is 33.7 Å². The number of ether oxygens (including phenoxy) is 1. The number of para-hydroxylation sites is 1. The minimum Gasteiger partial charge on any atom is -0.451 e. The number of carbonyl (C=O) groups excluding carboxylic acids is 1. The van der Waals surface area contributed by atoms with E-state index in [1.807, 2.05) is 6.20 Å². The van der Waals surface area contributed by atoms with Crippen LogP contribution in [0.5, 0.6) is 11.5 Å². The fraction of sp³-hybridized carbons (Fsp3) is 0.192. The quantitative estimate of drug-likeness (QED) is 0.406. The lowest BCUT2D eigenvalue weighted by Gasteiger charge is -2.32. The first-order chi connectivity index (χ1) is 17.4. The highest BCUT2D eigenvalue weighted by molar-refractivity contribution is 5.92. The number of nitrogens with zero attached hydrogens (tertiary/aromatic N) is 3. The van der Waals surface area contributed by atoms with Crippen molar-refractivity contribution in [1.29, 1.82) is 0 Å². The van der Waals surface area contributed by atoms with Crippen LogP contribution >= 0.6 is 0 Å². The van der Waals surface area contributed by atoms with E-state index in [4.69, 9.17) is 10.5 Å². The van der Waals surface area contributed by atoms with Gasteiger partial charge in [0, 0.05) is 30.9 Å². The highest BCUT2D eigenvalue weighted by atomic mass is 19.1. The number of anilines is 1. The van der Waals surface area contributed by atoms with Crippen LogP contribution in [-0.2, 0) is 4.79 Å². The number of fused-ring (bicyclic) bond motifs is 1. The predicted octanol–water partition coefficient (Wildman–Crippen LogP) is 4.26. The van der Waals surface area contributed by atoms with Crippen LogP contribution in [0.25, 0.3) is 16.6 Å². The van der Waals surface area contributed by atoms with Crippen molar-refractivity contribution in [1.82, 2.24) is 19.7 Å². The normalized spacial score (nSPS) is 15.7. The van der Waals surface area contributed by atoms with Gasteiger partial charge in [-0.05, 0) is 60.9 Å². The van der Waals surface area contributed by atoms with Crippen molar-refractivity contribution in [3.05, 3.63) is 88.9 Å². The summed E-state index contributed by atoms with van der Waals surface area (Å²) in [6, 6.07) is 9.99. The molecule has 0 unspecified atom stereocenters. The Morgan fingerprint density at radius 1 is 1.19 bits per heavy atom. The molecule has 0 spiro atoms. The van der Waals surface area contributed by atoms with Crippen LogP contribution in [0.4, 0.5) is 14.6 Å². The largest absolute Gasteiger partial charge is 0.451 e. The summed E-state index contributed by atoms with van der Waals surface area (Å²) in [4.78, 5) is 26.8. The second-order valence-corrected chi connectivity index (χ2v) is 8.59. The lowest BCUT2D eigenvalue weighted by molar-refractivity contribution is -0.127. The summed E-state index contributed by atoms with van der Waals surface area (Å²) in [5, 5.41) is 6.79. The Labute approximate surface area is 204 Å². The number of nitrogen functional groups attached to an aromatic ring is 1. The van der Waals surface area contributed by atoms with Gasteiger partial charge in [0.15, 0.2) is 23.2 Å². The molecule has 1 saturated heterocycles. The Morgan fingerprint density at radius 3 is 2.61 bits per heavy atom. The molecule has 0 bridgehead atoms. The zero-order valence-corrected chi connectivity index (χ0v) is 19.2. The number of carbonyl (C=O) groups is 1. The third-order valence-corrected chi connectivity index (χ3v) is 6.38. The topological polar surface area (TPSA) is 106 Å². The molecule has 1 aliphatic rings. The highest BCUT2D eigenvalue weighted by Crippen LogP contribution is 2.35. The smallest absolute Gasteiger partial charge is 0.274 e. The summed E-state index contributed by atoms with van der Waals surface area (Å²) in [7, 11) is 0. The maximum Gasteiger partial charge on any atom is 0.274 e. The number of aromatic nitrogens is 3.